The van der Waals surface area contributed by atoms with Gasteiger partial charge in [0.25, 0.3) is 0 Å². The van der Waals surface area contributed by atoms with Crippen molar-refractivity contribution in [2.24, 2.45) is 11.7 Å². The Morgan fingerprint density at radius 1 is 1.03 bits per heavy atom. The van der Waals surface area contributed by atoms with Crippen LogP contribution in [0.15, 0.2) is 61.2 Å². The van der Waals surface area contributed by atoms with E-state index in [9.17, 15) is 9.59 Å². The summed E-state index contributed by atoms with van der Waals surface area (Å²) in [6.45, 7) is 3.07. The third kappa shape index (κ3) is 5.29. The van der Waals surface area contributed by atoms with E-state index in [2.05, 4.69) is 30.5 Å². The number of hydrogen-bond donors (Lipinski definition) is 3. The summed E-state index contributed by atoms with van der Waals surface area (Å²) < 4.78 is 0. The first-order valence-corrected chi connectivity index (χ1v) is 13.0. The molecule has 2 fully saturated rings. The molecule has 1 aromatic carbocycles. The van der Waals surface area contributed by atoms with E-state index >= 15 is 0 Å². The number of fused-ring (bicyclic) bond motifs is 1. The molecule has 0 radical (unpaired) electrons. The summed E-state index contributed by atoms with van der Waals surface area (Å²) in [6, 6.07) is 11.3. The molecular weight excluding hydrogens is 496 g/mol. The van der Waals surface area contributed by atoms with Gasteiger partial charge in [-0.25, -0.2) is 9.97 Å². The molecule has 200 valence electrons. The molecule has 6 rings (SSSR count). The Morgan fingerprint density at radius 3 is 2.64 bits per heavy atom. The Balaban J connectivity index is 1.04. The Hall–Kier alpha value is -4.42. The number of anilines is 2. The van der Waals surface area contributed by atoms with E-state index in [1.54, 1.807) is 35.8 Å². The molecule has 12 heteroatoms. The van der Waals surface area contributed by atoms with Crippen LogP contribution in [0.3, 0.4) is 0 Å². The summed E-state index contributed by atoms with van der Waals surface area (Å²) in [4.78, 5) is 44.5. The summed E-state index contributed by atoms with van der Waals surface area (Å²) in [6.07, 6.45) is 7.10. The maximum atomic E-state index is 13.1. The monoisotopic (exact) mass is 526 g/mol. The largest absolute Gasteiger partial charge is 0.336 e. The van der Waals surface area contributed by atoms with Crippen molar-refractivity contribution in [2.75, 3.05) is 49.5 Å². The quantitative estimate of drug-likeness (QED) is 0.338. The topological polar surface area (TPSA) is 149 Å². The molecular formula is C27H30N10O2. The Bertz CT molecular complexity index is 1460. The van der Waals surface area contributed by atoms with E-state index in [4.69, 9.17) is 5.73 Å². The van der Waals surface area contributed by atoms with Gasteiger partial charge in [-0.3, -0.25) is 24.6 Å². The van der Waals surface area contributed by atoms with Crippen molar-refractivity contribution in [1.29, 1.82) is 0 Å². The number of benzene rings is 1. The number of amides is 2. The van der Waals surface area contributed by atoms with Gasteiger partial charge in [0.15, 0.2) is 0 Å². The van der Waals surface area contributed by atoms with Crippen LogP contribution in [0, 0.1) is 5.92 Å². The first-order valence-electron chi connectivity index (χ1n) is 13.0. The van der Waals surface area contributed by atoms with E-state index in [-0.39, 0.29) is 24.3 Å². The highest BCUT2D eigenvalue weighted by molar-refractivity contribution is 5.99. The van der Waals surface area contributed by atoms with Crippen LogP contribution >= 0.6 is 0 Å². The van der Waals surface area contributed by atoms with Crippen molar-refractivity contribution in [3.63, 3.8) is 0 Å². The highest BCUT2D eigenvalue weighted by Crippen LogP contribution is 2.29. The predicted molar refractivity (Wildman–Crippen MR) is 146 cm³/mol. The second-order valence-corrected chi connectivity index (χ2v) is 9.93. The number of H-pyrrole nitrogens is 1. The third-order valence-electron chi connectivity index (χ3n) is 7.36. The number of likely N-dealkylation sites (tertiary alicyclic amines) is 1. The highest BCUT2D eigenvalue weighted by Gasteiger charge is 2.33. The smallest absolute Gasteiger partial charge is 0.238 e. The minimum atomic E-state index is -0.438. The van der Waals surface area contributed by atoms with Gasteiger partial charge in [0, 0.05) is 61.1 Å². The molecule has 0 saturated carbocycles. The number of carbonyl (C=O) groups excluding carboxylic acids is 2. The highest BCUT2D eigenvalue weighted by atomic mass is 16.2. The zero-order valence-electron chi connectivity index (χ0n) is 21.4. The van der Waals surface area contributed by atoms with E-state index in [0.717, 1.165) is 22.2 Å². The van der Waals surface area contributed by atoms with Gasteiger partial charge in [0.05, 0.1) is 30.7 Å². The van der Waals surface area contributed by atoms with Gasteiger partial charge >= 0.3 is 0 Å². The predicted octanol–water partition coefficient (Wildman–Crippen LogP) is 1.31. The zero-order chi connectivity index (χ0) is 26.8. The van der Waals surface area contributed by atoms with Crippen LogP contribution in [0.4, 0.5) is 11.6 Å². The molecule has 12 nitrogen and oxygen atoms in total. The van der Waals surface area contributed by atoms with Crippen LogP contribution in [0.2, 0.25) is 0 Å². The summed E-state index contributed by atoms with van der Waals surface area (Å²) >= 11 is 0. The van der Waals surface area contributed by atoms with Crippen LogP contribution in [-0.2, 0) is 9.59 Å². The van der Waals surface area contributed by atoms with Gasteiger partial charge in [0.2, 0.25) is 17.8 Å². The van der Waals surface area contributed by atoms with Crippen LogP contribution in [0.5, 0.6) is 0 Å². The third-order valence-corrected chi connectivity index (χ3v) is 7.36. The Labute approximate surface area is 225 Å². The molecule has 2 aliphatic rings. The van der Waals surface area contributed by atoms with E-state index < -0.39 is 6.17 Å². The number of rotatable bonds is 6. The van der Waals surface area contributed by atoms with Crippen molar-refractivity contribution in [3.05, 3.63) is 61.2 Å². The molecule has 39 heavy (non-hydrogen) atoms. The normalized spacial score (nSPS) is 19.9. The van der Waals surface area contributed by atoms with Crippen molar-refractivity contribution in [2.45, 2.75) is 12.6 Å². The second-order valence-electron chi connectivity index (χ2n) is 9.93. The fraction of sp³-hybridized carbons (Fsp3) is 0.333. The molecule has 0 aliphatic carbocycles. The number of piperazine rings is 1. The second kappa shape index (κ2) is 10.8. The summed E-state index contributed by atoms with van der Waals surface area (Å²) in [5.74, 6) is 0.352. The fourth-order valence-corrected chi connectivity index (χ4v) is 5.29. The lowest BCUT2D eigenvalue weighted by molar-refractivity contribution is -0.135. The molecule has 0 spiro atoms. The van der Waals surface area contributed by atoms with E-state index in [1.807, 2.05) is 40.1 Å². The average Bonchev–Trinajstić information content (AvgIpc) is 3.61. The molecule has 2 aliphatic heterocycles. The SMILES string of the molecule is N[C@@H]1CN(c2ncccn2)CCN1C(=O)CN1CC[C@@H](C(=O)Nc2ccc3[nH]nc(-c4ccncc4)c3c2)C1. The maximum Gasteiger partial charge on any atom is 0.238 e. The summed E-state index contributed by atoms with van der Waals surface area (Å²) in [7, 11) is 0. The van der Waals surface area contributed by atoms with Crippen LogP contribution in [0.25, 0.3) is 22.2 Å². The molecule has 2 atom stereocenters. The first-order chi connectivity index (χ1) is 19.0. The van der Waals surface area contributed by atoms with Gasteiger partial charge in [-0.1, -0.05) is 0 Å². The average molecular weight is 527 g/mol. The van der Waals surface area contributed by atoms with Crippen molar-refractivity contribution >= 4 is 34.4 Å². The minimum absolute atomic E-state index is 0.0220. The van der Waals surface area contributed by atoms with Crippen LogP contribution in [0.1, 0.15) is 6.42 Å². The first kappa shape index (κ1) is 24.9. The molecule has 0 unspecified atom stereocenters. The molecule has 3 aromatic heterocycles. The molecule has 4 aromatic rings. The number of hydrogen-bond acceptors (Lipinski definition) is 9. The van der Waals surface area contributed by atoms with Gasteiger partial charge in [-0.15, -0.1) is 0 Å². The van der Waals surface area contributed by atoms with Gasteiger partial charge < -0.3 is 20.9 Å². The summed E-state index contributed by atoms with van der Waals surface area (Å²) in [5.41, 5.74) is 9.70. The Morgan fingerprint density at radius 2 is 1.85 bits per heavy atom. The van der Waals surface area contributed by atoms with Crippen LogP contribution < -0.4 is 16.0 Å². The van der Waals surface area contributed by atoms with E-state index in [0.29, 0.717) is 50.8 Å². The lowest BCUT2D eigenvalue weighted by atomic mass is 10.1. The van der Waals surface area contributed by atoms with Gasteiger partial charge in [0.1, 0.15) is 5.69 Å². The minimum Gasteiger partial charge on any atom is -0.336 e. The van der Waals surface area contributed by atoms with E-state index in [1.165, 1.54) is 0 Å². The molecule has 2 amide bonds. The van der Waals surface area contributed by atoms with Gasteiger partial charge in [-0.2, -0.15) is 5.10 Å². The number of carbonyl (C=O) groups is 2. The lowest BCUT2D eigenvalue weighted by Crippen LogP contribution is -2.60. The molecule has 5 heterocycles. The fourth-order valence-electron chi connectivity index (χ4n) is 5.29. The number of nitrogens with one attached hydrogen (secondary N) is 2. The standard InChI is InChI=1S/C27H30N10O2/c28-23-16-36(27-30-7-1-8-31-27)12-13-37(23)24(38)17-35-11-6-19(15-35)26(39)32-20-2-3-22-21(14-20)25(34-33-22)18-4-9-29-10-5-18/h1-5,7-10,14,19,23H,6,11-13,15-17,28H2,(H,32,39)(H,33,34)/t19-,23+/m1/s1. The molecule has 2 saturated heterocycles. The lowest BCUT2D eigenvalue weighted by Gasteiger charge is -2.40. The zero-order valence-corrected chi connectivity index (χ0v) is 21.4. The van der Waals surface area contributed by atoms with Gasteiger partial charge in [-0.05, 0) is 49.4 Å². The maximum absolute atomic E-state index is 13.1. The van der Waals surface area contributed by atoms with Crippen molar-refractivity contribution < 1.29 is 9.59 Å². The number of nitrogens with two attached hydrogens (primary N) is 1. The molecule has 4 N–H and O–H groups in total. The van der Waals surface area contributed by atoms with Crippen LogP contribution in [-0.4, -0.2) is 92.2 Å². The number of aromatic nitrogens is 5. The number of aromatic amines is 1. The number of nitrogens with zero attached hydrogens (tertiary/aromatic N) is 7. The Kier molecular flexibility index (Phi) is 6.86. The van der Waals surface area contributed by atoms with Crippen molar-refractivity contribution in [3.8, 4) is 11.3 Å². The molecule has 0 bridgehead atoms. The van der Waals surface area contributed by atoms with Crippen molar-refractivity contribution in [1.82, 2.24) is 34.9 Å². The summed E-state index contributed by atoms with van der Waals surface area (Å²) in [5, 5.41) is 11.5. The number of pyridine rings is 1.